The largest absolute Gasteiger partial charge is 0.465 e. The van der Waals surface area contributed by atoms with E-state index in [-0.39, 0.29) is 19.8 Å². The monoisotopic (exact) mass is 341 g/mol. The Balaban J connectivity index is 3.41. The van der Waals surface area contributed by atoms with Gasteiger partial charge in [-0.1, -0.05) is 11.6 Å². The number of esters is 1. The fourth-order valence-electron chi connectivity index (χ4n) is 0.966. The van der Waals surface area contributed by atoms with E-state index < -0.39 is 10.9 Å². The maximum Gasteiger partial charge on any atom is 0.339 e. The summed E-state index contributed by atoms with van der Waals surface area (Å²) in [6.45, 7) is 0. The van der Waals surface area contributed by atoms with Crippen molar-refractivity contribution >= 4 is 45.8 Å². The number of ether oxygens (including phenoxy) is 1. The average molecular weight is 341 g/mol. The summed E-state index contributed by atoms with van der Waals surface area (Å²) in [5.41, 5.74) is -0.110. The maximum absolute atomic E-state index is 11.3. The lowest BCUT2D eigenvalue weighted by atomic mass is 10.2. The number of nitro benzene ring substituents is 1. The average Bonchev–Trinajstić information content (AvgIpc) is 2.19. The lowest BCUT2D eigenvalue weighted by molar-refractivity contribution is -0.385. The molecule has 0 aliphatic rings. The molecule has 5 nitrogen and oxygen atoms in total. The molecule has 0 spiro atoms. The molecule has 1 aromatic carbocycles. The number of hydrogen-bond acceptors (Lipinski definition) is 4. The third kappa shape index (κ3) is 2.57. The number of methoxy groups -OCH3 is 1. The minimum Gasteiger partial charge on any atom is -0.465 e. The van der Waals surface area contributed by atoms with Gasteiger partial charge in [-0.25, -0.2) is 4.79 Å². The van der Waals surface area contributed by atoms with Crippen molar-refractivity contribution in [2.45, 2.75) is 0 Å². The Bertz CT molecular complexity index is 435. The molecule has 15 heavy (non-hydrogen) atoms. The molecule has 0 heterocycles. The standard InChI is InChI=1S/C8H5ClINO4/c1-15-8(12)5-2-4(9)3-6(7(5)10)11(13)14/h2-3H,1H3. The van der Waals surface area contributed by atoms with Gasteiger partial charge in [0, 0.05) is 11.1 Å². The summed E-state index contributed by atoms with van der Waals surface area (Å²) in [5.74, 6) is -0.648. The Labute approximate surface area is 104 Å². The summed E-state index contributed by atoms with van der Waals surface area (Å²) in [6, 6.07) is 2.53. The second-order valence-electron chi connectivity index (χ2n) is 2.54. The number of carbonyl (C=O) groups is 1. The first-order chi connectivity index (χ1) is 6.97. The molecule has 1 rings (SSSR count). The molecular weight excluding hydrogens is 336 g/mol. The highest BCUT2D eigenvalue weighted by Gasteiger charge is 2.21. The zero-order chi connectivity index (χ0) is 11.6. The third-order valence-corrected chi connectivity index (χ3v) is 2.97. The van der Waals surface area contributed by atoms with E-state index in [1.165, 1.54) is 19.2 Å². The SMILES string of the molecule is COC(=O)c1cc(Cl)cc([N+](=O)[O-])c1I. The van der Waals surface area contributed by atoms with Crippen LogP contribution in [0.1, 0.15) is 10.4 Å². The molecule has 0 saturated heterocycles. The van der Waals surface area contributed by atoms with E-state index in [0.29, 0.717) is 0 Å². The molecule has 0 aliphatic carbocycles. The van der Waals surface area contributed by atoms with Crippen molar-refractivity contribution in [2.75, 3.05) is 7.11 Å². The van der Waals surface area contributed by atoms with Crippen molar-refractivity contribution in [3.05, 3.63) is 36.4 Å². The predicted octanol–water partition coefficient (Wildman–Crippen LogP) is 2.64. The van der Waals surface area contributed by atoms with Gasteiger partial charge in [0.15, 0.2) is 0 Å². The first-order valence-corrected chi connectivity index (χ1v) is 5.14. The Kier molecular flexibility index (Phi) is 3.86. The number of halogens is 2. The van der Waals surface area contributed by atoms with E-state index in [1.54, 1.807) is 22.6 Å². The van der Waals surface area contributed by atoms with E-state index in [9.17, 15) is 14.9 Å². The van der Waals surface area contributed by atoms with Crippen LogP contribution in [0.2, 0.25) is 5.02 Å². The zero-order valence-electron chi connectivity index (χ0n) is 7.49. The fraction of sp³-hybridized carbons (Fsp3) is 0.125. The molecule has 0 saturated carbocycles. The smallest absolute Gasteiger partial charge is 0.339 e. The van der Waals surface area contributed by atoms with Crippen molar-refractivity contribution in [1.82, 2.24) is 0 Å². The molecule has 0 atom stereocenters. The highest BCUT2D eigenvalue weighted by atomic mass is 127. The van der Waals surface area contributed by atoms with Crippen molar-refractivity contribution < 1.29 is 14.5 Å². The highest BCUT2D eigenvalue weighted by Crippen LogP contribution is 2.29. The molecule has 1 aromatic rings. The van der Waals surface area contributed by atoms with Crippen LogP contribution in [0.25, 0.3) is 0 Å². The van der Waals surface area contributed by atoms with E-state index >= 15 is 0 Å². The van der Waals surface area contributed by atoms with Gasteiger partial charge in [-0.3, -0.25) is 10.1 Å². The predicted molar refractivity (Wildman–Crippen MR) is 62.2 cm³/mol. The summed E-state index contributed by atoms with van der Waals surface area (Å²) in [7, 11) is 1.20. The summed E-state index contributed by atoms with van der Waals surface area (Å²) in [4.78, 5) is 21.3. The third-order valence-electron chi connectivity index (χ3n) is 1.62. The van der Waals surface area contributed by atoms with Gasteiger partial charge in [-0.15, -0.1) is 0 Å². The van der Waals surface area contributed by atoms with Crippen LogP contribution in [-0.2, 0) is 4.74 Å². The van der Waals surface area contributed by atoms with Crippen LogP contribution in [-0.4, -0.2) is 18.0 Å². The first-order valence-electron chi connectivity index (χ1n) is 3.69. The Morgan fingerprint density at radius 3 is 2.67 bits per heavy atom. The van der Waals surface area contributed by atoms with Crippen LogP contribution < -0.4 is 0 Å². The van der Waals surface area contributed by atoms with Gasteiger partial charge >= 0.3 is 5.97 Å². The van der Waals surface area contributed by atoms with E-state index in [2.05, 4.69) is 4.74 Å². The second-order valence-corrected chi connectivity index (χ2v) is 4.05. The summed E-state index contributed by atoms with van der Waals surface area (Å²) < 4.78 is 4.70. The molecular formula is C8H5ClINO4. The minimum absolute atomic E-state index is 0.0947. The van der Waals surface area contributed by atoms with Crippen LogP contribution in [0.4, 0.5) is 5.69 Å². The quantitative estimate of drug-likeness (QED) is 0.359. The van der Waals surface area contributed by atoms with Crippen LogP contribution in [0.3, 0.4) is 0 Å². The number of nitro groups is 1. The van der Waals surface area contributed by atoms with Crippen molar-refractivity contribution in [2.24, 2.45) is 0 Å². The fourth-order valence-corrected chi connectivity index (χ4v) is 1.91. The maximum atomic E-state index is 11.3. The van der Waals surface area contributed by atoms with Crippen molar-refractivity contribution in [3.63, 3.8) is 0 Å². The van der Waals surface area contributed by atoms with Crippen LogP contribution >= 0.6 is 34.2 Å². The van der Waals surface area contributed by atoms with Gasteiger partial charge in [0.1, 0.15) is 3.57 Å². The Morgan fingerprint density at radius 2 is 2.20 bits per heavy atom. The zero-order valence-corrected chi connectivity index (χ0v) is 10.4. The number of carbonyl (C=O) groups excluding carboxylic acids is 1. The number of rotatable bonds is 2. The summed E-state index contributed by atoms with van der Waals surface area (Å²) in [5, 5.41) is 10.8. The van der Waals surface area contributed by atoms with Gasteiger partial charge in [-0.05, 0) is 28.7 Å². The number of nitrogens with zero attached hydrogens (tertiary/aromatic N) is 1. The van der Waals surface area contributed by atoms with Gasteiger partial charge in [0.05, 0.1) is 17.6 Å². The minimum atomic E-state index is -0.648. The summed E-state index contributed by atoms with van der Waals surface area (Å²) in [6.07, 6.45) is 0. The van der Waals surface area contributed by atoms with Gasteiger partial charge in [-0.2, -0.15) is 0 Å². The molecule has 0 N–H and O–H groups in total. The Morgan fingerprint density at radius 1 is 1.60 bits per heavy atom. The summed E-state index contributed by atoms with van der Waals surface area (Å²) >= 11 is 7.36. The molecule has 0 unspecified atom stereocenters. The van der Waals surface area contributed by atoms with Crippen LogP contribution in [0.15, 0.2) is 12.1 Å². The van der Waals surface area contributed by atoms with Crippen LogP contribution in [0.5, 0.6) is 0 Å². The van der Waals surface area contributed by atoms with Crippen molar-refractivity contribution in [1.29, 1.82) is 0 Å². The van der Waals surface area contributed by atoms with E-state index in [0.717, 1.165) is 0 Å². The molecule has 0 bridgehead atoms. The second kappa shape index (κ2) is 4.75. The molecule has 0 aromatic heterocycles. The van der Waals surface area contributed by atoms with Gasteiger partial charge in [0.2, 0.25) is 0 Å². The lowest BCUT2D eigenvalue weighted by Gasteiger charge is -2.03. The molecule has 0 aliphatic heterocycles. The van der Waals surface area contributed by atoms with Gasteiger partial charge < -0.3 is 4.74 Å². The molecule has 7 heteroatoms. The molecule has 0 amide bonds. The first kappa shape index (κ1) is 12.2. The normalized spacial score (nSPS) is 9.80. The molecule has 0 radical (unpaired) electrons. The number of benzene rings is 1. The topological polar surface area (TPSA) is 69.4 Å². The van der Waals surface area contributed by atoms with E-state index in [1.807, 2.05) is 0 Å². The molecule has 0 fully saturated rings. The highest BCUT2D eigenvalue weighted by molar-refractivity contribution is 14.1. The van der Waals surface area contributed by atoms with Crippen LogP contribution in [0, 0.1) is 13.7 Å². The van der Waals surface area contributed by atoms with E-state index in [4.69, 9.17) is 11.6 Å². The Hall–Kier alpha value is -0.890. The van der Waals surface area contributed by atoms with Gasteiger partial charge in [0.25, 0.3) is 5.69 Å². The lowest BCUT2D eigenvalue weighted by Crippen LogP contribution is -2.06. The molecule has 80 valence electrons. The number of hydrogen-bond donors (Lipinski definition) is 0. The van der Waals surface area contributed by atoms with Crippen molar-refractivity contribution in [3.8, 4) is 0 Å².